The molecule has 29 heavy (non-hydrogen) atoms. The van der Waals surface area contributed by atoms with Crippen LogP contribution in [0.2, 0.25) is 0 Å². The molecule has 2 atom stereocenters. The smallest absolute Gasteiger partial charge is 0.331 e. The fourth-order valence-corrected chi connectivity index (χ4v) is 3.16. The van der Waals surface area contributed by atoms with Crippen LogP contribution in [0.3, 0.4) is 0 Å². The molecule has 0 amide bonds. The minimum Gasteiger partial charge on any atom is -0.462 e. The molecule has 0 aromatic rings. The Labute approximate surface area is 179 Å². The summed E-state index contributed by atoms with van der Waals surface area (Å²) in [5.74, 6) is -0.181. The van der Waals surface area contributed by atoms with Gasteiger partial charge in [-0.2, -0.15) is 0 Å². The summed E-state index contributed by atoms with van der Waals surface area (Å²) >= 11 is 0. The highest BCUT2D eigenvalue weighted by Gasteiger charge is 2.12. The summed E-state index contributed by atoms with van der Waals surface area (Å²) in [5, 5.41) is 0. The van der Waals surface area contributed by atoms with Crippen molar-refractivity contribution in [1.82, 2.24) is 0 Å². The monoisotopic (exact) mass is 410 g/mol. The third-order valence-corrected chi connectivity index (χ3v) is 5.46. The zero-order valence-corrected chi connectivity index (χ0v) is 19.5. The average Bonchev–Trinajstić information content (AvgIpc) is 2.73. The summed E-state index contributed by atoms with van der Waals surface area (Å²) in [6, 6.07) is 0. The van der Waals surface area contributed by atoms with Crippen molar-refractivity contribution in [2.45, 2.75) is 111 Å². The van der Waals surface area contributed by atoms with Gasteiger partial charge >= 0.3 is 11.9 Å². The van der Waals surface area contributed by atoms with Crippen LogP contribution in [0.1, 0.15) is 111 Å². The van der Waals surface area contributed by atoms with Crippen LogP contribution in [-0.4, -0.2) is 25.2 Å². The average molecular weight is 411 g/mol. The van der Waals surface area contributed by atoms with Gasteiger partial charge in [0.05, 0.1) is 13.2 Å². The number of rotatable bonds is 19. The van der Waals surface area contributed by atoms with E-state index in [4.69, 9.17) is 9.47 Å². The third kappa shape index (κ3) is 18.4. The fourth-order valence-electron chi connectivity index (χ4n) is 3.16. The van der Waals surface area contributed by atoms with E-state index in [1.165, 1.54) is 76.4 Å². The van der Waals surface area contributed by atoms with Gasteiger partial charge in [-0.05, 0) is 24.7 Å². The van der Waals surface area contributed by atoms with Crippen LogP contribution in [0.5, 0.6) is 0 Å². The Kier molecular flexibility index (Phi) is 19.1. The molecule has 0 bridgehead atoms. The molecule has 0 N–H and O–H groups in total. The molecule has 0 aromatic carbocycles. The summed E-state index contributed by atoms with van der Waals surface area (Å²) in [6.07, 6.45) is 18.2. The minimum absolute atomic E-state index is 0.328. The van der Waals surface area contributed by atoms with E-state index in [1.807, 2.05) is 6.92 Å². The van der Waals surface area contributed by atoms with Crippen LogP contribution in [0.4, 0.5) is 0 Å². The number of hydrogen-bond acceptors (Lipinski definition) is 4. The Morgan fingerprint density at radius 1 is 0.690 bits per heavy atom. The number of unbranched alkanes of at least 4 members (excludes halogenated alkanes) is 8. The largest absolute Gasteiger partial charge is 0.462 e. The number of esters is 2. The Hall–Kier alpha value is -1.32. The molecule has 0 aliphatic heterocycles. The lowest BCUT2D eigenvalue weighted by Gasteiger charge is -2.16. The Bertz CT molecular complexity index is 431. The molecule has 170 valence electrons. The van der Waals surface area contributed by atoms with Crippen molar-refractivity contribution < 1.29 is 19.1 Å². The van der Waals surface area contributed by atoms with Gasteiger partial charge in [0.15, 0.2) is 0 Å². The second kappa shape index (κ2) is 20.0. The van der Waals surface area contributed by atoms with Crippen molar-refractivity contribution in [1.29, 1.82) is 0 Å². The Balaban J connectivity index is 4.22. The van der Waals surface area contributed by atoms with Crippen molar-refractivity contribution in [3.05, 3.63) is 12.2 Å². The maximum absolute atomic E-state index is 12.0. The lowest BCUT2D eigenvalue weighted by molar-refractivity contribution is -0.141. The SMILES string of the molecule is CCCCCCCCC(CCCCCC)COC(=O)/C=C/C(=O)OCC(C)CC. The van der Waals surface area contributed by atoms with Gasteiger partial charge in [-0.25, -0.2) is 9.59 Å². The van der Waals surface area contributed by atoms with Crippen molar-refractivity contribution >= 4 is 11.9 Å². The molecule has 0 rings (SSSR count). The first-order valence-corrected chi connectivity index (χ1v) is 12.0. The van der Waals surface area contributed by atoms with Gasteiger partial charge in [0.1, 0.15) is 0 Å². The van der Waals surface area contributed by atoms with Crippen LogP contribution >= 0.6 is 0 Å². The van der Waals surface area contributed by atoms with Crippen molar-refractivity contribution in [2.75, 3.05) is 13.2 Å². The van der Waals surface area contributed by atoms with Crippen LogP contribution in [0.15, 0.2) is 12.2 Å². The molecule has 0 radical (unpaired) electrons. The molecule has 0 saturated carbocycles. The molecule has 0 spiro atoms. The number of carbonyl (C=O) groups is 2. The maximum atomic E-state index is 12.0. The highest BCUT2D eigenvalue weighted by atomic mass is 16.5. The summed E-state index contributed by atoms with van der Waals surface area (Å²) in [6.45, 7) is 9.36. The highest BCUT2D eigenvalue weighted by Crippen LogP contribution is 2.19. The predicted octanol–water partition coefficient (Wildman–Crippen LogP) is 7.01. The van der Waals surface area contributed by atoms with E-state index >= 15 is 0 Å². The first-order chi connectivity index (χ1) is 14.0. The number of ether oxygens (including phenoxy) is 2. The van der Waals surface area contributed by atoms with Crippen molar-refractivity contribution in [3.8, 4) is 0 Å². The van der Waals surface area contributed by atoms with Gasteiger partial charge in [-0.3, -0.25) is 0 Å². The quantitative estimate of drug-likeness (QED) is 0.130. The zero-order chi connectivity index (χ0) is 21.7. The fraction of sp³-hybridized carbons (Fsp3) is 0.840. The maximum Gasteiger partial charge on any atom is 0.331 e. The van der Waals surface area contributed by atoms with Crippen molar-refractivity contribution in [3.63, 3.8) is 0 Å². The van der Waals surface area contributed by atoms with E-state index in [1.54, 1.807) is 0 Å². The predicted molar refractivity (Wildman–Crippen MR) is 121 cm³/mol. The summed E-state index contributed by atoms with van der Waals surface area (Å²) in [7, 11) is 0. The first kappa shape index (κ1) is 27.7. The molecular formula is C25H46O4. The Morgan fingerprint density at radius 3 is 1.66 bits per heavy atom. The molecule has 4 nitrogen and oxygen atoms in total. The van der Waals surface area contributed by atoms with Crippen LogP contribution in [-0.2, 0) is 19.1 Å². The van der Waals surface area contributed by atoms with Gasteiger partial charge < -0.3 is 9.47 Å². The van der Waals surface area contributed by atoms with Gasteiger partial charge in [0, 0.05) is 12.2 Å². The van der Waals surface area contributed by atoms with E-state index < -0.39 is 11.9 Å². The topological polar surface area (TPSA) is 52.6 Å². The lowest BCUT2D eigenvalue weighted by Crippen LogP contribution is -2.14. The van der Waals surface area contributed by atoms with Gasteiger partial charge in [0.25, 0.3) is 0 Å². The number of carbonyl (C=O) groups excluding carboxylic acids is 2. The minimum atomic E-state index is -0.481. The molecular weight excluding hydrogens is 364 g/mol. The molecule has 0 heterocycles. The molecule has 4 heteroatoms. The summed E-state index contributed by atoms with van der Waals surface area (Å²) < 4.78 is 10.5. The standard InChI is InChI=1S/C25H46O4/c1-5-8-10-12-13-15-17-23(16-14-11-9-6-2)21-29-25(27)19-18-24(26)28-20-22(4)7-3/h18-19,22-23H,5-17,20-21H2,1-4H3/b19-18+. The third-order valence-electron chi connectivity index (χ3n) is 5.46. The van der Waals surface area contributed by atoms with Crippen LogP contribution in [0, 0.1) is 11.8 Å². The molecule has 0 aliphatic carbocycles. The Morgan fingerprint density at radius 2 is 1.14 bits per heavy atom. The van der Waals surface area contributed by atoms with Crippen LogP contribution < -0.4 is 0 Å². The van der Waals surface area contributed by atoms with E-state index in [9.17, 15) is 9.59 Å². The van der Waals surface area contributed by atoms with Gasteiger partial charge in [-0.1, -0.05) is 98.3 Å². The highest BCUT2D eigenvalue weighted by molar-refractivity contribution is 5.91. The van der Waals surface area contributed by atoms with Gasteiger partial charge in [-0.15, -0.1) is 0 Å². The molecule has 0 fully saturated rings. The lowest BCUT2D eigenvalue weighted by atomic mass is 9.95. The van der Waals surface area contributed by atoms with Crippen LogP contribution in [0.25, 0.3) is 0 Å². The summed E-state index contributed by atoms with van der Waals surface area (Å²) in [5.41, 5.74) is 0. The number of hydrogen-bond donors (Lipinski definition) is 0. The second-order valence-corrected chi connectivity index (χ2v) is 8.38. The van der Waals surface area contributed by atoms with E-state index in [0.717, 1.165) is 19.3 Å². The zero-order valence-electron chi connectivity index (χ0n) is 19.5. The second-order valence-electron chi connectivity index (χ2n) is 8.38. The van der Waals surface area contributed by atoms with Gasteiger partial charge in [0.2, 0.25) is 0 Å². The molecule has 2 unspecified atom stereocenters. The first-order valence-electron chi connectivity index (χ1n) is 12.0. The molecule has 0 aliphatic rings. The summed E-state index contributed by atoms with van der Waals surface area (Å²) in [4.78, 5) is 23.6. The van der Waals surface area contributed by atoms with E-state index in [-0.39, 0.29) is 0 Å². The van der Waals surface area contributed by atoms with Crippen molar-refractivity contribution in [2.24, 2.45) is 11.8 Å². The van der Waals surface area contributed by atoms with E-state index in [0.29, 0.717) is 25.0 Å². The molecule has 0 aromatic heterocycles. The van der Waals surface area contributed by atoms with E-state index in [2.05, 4.69) is 20.8 Å². The molecule has 0 saturated heterocycles. The normalized spacial score (nSPS) is 13.4.